The Morgan fingerprint density at radius 2 is 1.50 bits per heavy atom. The molecule has 0 radical (unpaired) electrons. The molecule has 0 amide bonds. The first-order valence-corrected chi connectivity index (χ1v) is 8.70. The van der Waals surface area contributed by atoms with Gasteiger partial charge in [-0.05, 0) is 80.4 Å². The van der Waals surface area contributed by atoms with Crippen molar-refractivity contribution in [3.63, 3.8) is 0 Å². The highest BCUT2D eigenvalue weighted by Gasteiger charge is 2.36. The number of hydrogen-bond donors (Lipinski definition) is 2. The lowest BCUT2D eigenvalue weighted by molar-refractivity contribution is 0.0869. The van der Waals surface area contributed by atoms with Crippen molar-refractivity contribution in [2.75, 3.05) is 26.2 Å². The molecular formula is C18H36N2. The highest BCUT2D eigenvalue weighted by Crippen LogP contribution is 2.42. The van der Waals surface area contributed by atoms with E-state index in [1.165, 1.54) is 51.9 Å². The van der Waals surface area contributed by atoms with E-state index in [-0.39, 0.29) is 0 Å². The summed E-state index contributed by atoms with van der Waals surface area (Å²) in [6, 6.07) is 0. The maximum absolute atomic E-state index is 3.70. The van der Waals surface area contributed by atoms with Crippen LogP contribution in [0.15, 0.2) is 0 Å². The molecule has 0 aromatic rings. The van der Waals surface area contributed by atoms with Gasteiger partial charge >= 0.3 is 0 Å². The van der Waals surface area contributed by atoms with E-state index in [0.717, 1.165) is 17.8 Å². The summed E-state index contributed by atoms with van der Waals surface area (Å²) in [7, 11) is 0. The average Bonchev–Trinajstić information content (AvgIpc) is 2.38. The van der Waals surface area contributed by atoms with Gasteiger partial charge in [-0.3, -0.25) is 0 Å². The van der Waals surface area contributed by atoms with Gasteiger partial charge in [0.05, 0.1) is 0 Å². The Morgan fingerprint density at radius 3 is 2.10 bits per heavy atom. The second kappa shape index (κ2) is 6.36. The molecule has 0 bridgehead atoms. The largest absolute Gasteiger partial charge is 0.317 e. The molecule has 0 saturated carbocycles. The van der Waals surface area contributed by atoms with Gasteiger partial charge in [0.25, 0.3) is 0 Å². The fourth-order valence-corrected chi connectivity index (χ4v) is 4.36. The van der Waals surface area contributed by atoms with Gasteiger partial charge in [0, 0.05) is 0 Å². The Kier molecular flexibility index (Phi) is 5.18. The predicted octanol–water partition coefficient (Wildman–Crippen LogP) is 3.67. The maximum Gasteiger partial charge on any atom is -0.00153 e. The van der Waals surface area contributed by atoms with Crippen LogP contribution in [0.1, 0.15) is 60.3 Å². The van der Waals surface area contributed by atoms with Gasteiger partial charge in [-0.1, -0.05) is 34.6 Å². The molecule has 2 saturated heterocycles. The molecule has 0 aromatic carbocycles. The van der Waals surface area contributed by atoms with Crippen molar-refractivity contribution in [3.05, 3.63) is 0 Å². The molecule has 2 unspecified atom stereocenters. The lowest BCUT2D eigenvalue weighted by Crippen LogP contribution is -2.44. The van der Waals surface area contributed by atoms with Crippen molar-refractivity contribution < 1.29 is 0 Å². The molecule has 2 aliphatic rings. The minimum absolute atomic E-state index is 0.449. The molecule has 2 rings (SSSR count). The van der Waals surface area contributed by atoms with E-state index >= 15 is 0 Å². The predicted molar refractivity (Wildman–Crippen MR) is 87.9 cm³/mol. The molecule has 2 N–H and O–H groups in total. The first-order chi connectivity index (χ1) is 9.29. The molecule has 2 heterocycles. The van der Waals surface area contributed by atoms with E-state index in [1.54, 1.807) is 0 Å². The second-order valence-corrected chi connectivity index (χ2v) is 9.04. The summed E-state index contributed by atoms with van der Waals surface area (Å²) >= 11 is 0. The number of hydrogen-bond acceptors (Lipinski definition) is 2. The van der Waals surface area contributed by atoms with Gasteiger partial charge in [0.2, 0.25) is 0 Å². The van der Waals surface area contributed by atoms with Gasteiger partial charge in [-0.2, -0.15) is 0 Å². The lowest BCUT2D eigenvalue weighted by atomic mass is 9.65. The van der Waals surface area contributed by atoms with Crippen LogP contribution in [0.4, 0.5) is 0 Å². The Bertz CT molecular complexity index is 297. The van der Waals surface area contributed by atoms with Crippen LogP contribution in [0.5, 0.6) is 0 Å². The maximum atomic E-state index is 3.70. The summed E-state index contributed by atoms with van der Waals surface area (Å²) < 4.78 is 0. The van der Waals surface area contributed by atoms with Crippen LogP contribution in [-0.4, -0.2) is 26.2 Å². The Hall–Kier alpha value is -0.0800. The standard InChI is InChI=1S/C18H36N2/c1-17(2,3)16-10-14(12-20-13-16)11-18(4,5)15-6-8-19-9-7-15/h14-16,19-20H,6-13H2,1-5H3. The van der Waals surface area contributed by atoms with Crippen LogP contribution in [0.25, 0.3) is 0 Å². The fourth-order valence-electron chi connectivity index (χ4n) is 4.36. The van der Waals surface area contributed by atoms with Crippen LogP contribution in [0, 0.1) is 28.6 Å². The zero-order valence-corrected chi connectivity index (χ0v) is 14.4. The lowest BCUT2D eigenvalue weighted by Gasteiger charge is -2.44. The van der Waals surface area contributed by atoms with E-state index in [0.29, 0.717) is 10.8 Å². The fraction of sp³-hybridized carbons (Fsp3) is 1.00. The summed E-state index contributed by atoms with van der Waals surface area (Å²) in [5, 5.41) is 7.21. The monoisotopic (exact) mass is 280 g/mol. The van der Waals surface area contributed by atoms with Crippen molar-refractivity contribution >= 4 is 0 Å². The van der Waals surface area contributed by atoms with Crippen LogP contribution >= 0.6 is 0 Å². The van der Waals surface area contributed by atoms with E-state index in [4.69, 9.17) is 0 Å². The summed E-state index contributed by atoms with van der Waals surface area (Å²) in [6.07, 6.45) is 5.56. The SMILES string of the molecule is CC(C)(C)C1CNCC(CC(C)(C)C2CCNCC2)C1. The molecule has 2 fully saturated rings. The van der Waals surface area contributed by atoms with E-state index in [1.807, 2.05) is 0 Å². The third-order valence-electron chi connectivity index (χ3n) is 5.93. The molecule has 2 heteroatoms. The van der Waals surface area contributed by atoms with Crippen molar-refractivity contribution in [1.82, 2.24) is 10.6 Å². The zero-order valence-electron chi connectivity index (χ0n) is 14.4. The summed E-state index contributed by atoms with van der Waals surface area (Å²) in [5.74, 6) is 2.63. The van der Waals surface area contributed by atoms with Gasteiger partial charge < -0.3 is 10.6 Å². The molecule has 2 nitrogen and oxygen atoms in total. The third kappa shape index (κ3) is 4.21. The van der Waals surface area contributed by atoms with Crippen molar-refractivity contribution in [2.24, 2.45) is 28.6 Å². The van der Waals surface area contributed by atoms with E-state index < -0.39 is 0 Å². The molecule has 0 aromatic heterocycles. The number of nitrogens with one attached hydrogen (secondary N) is 2. The Morgan fingerprint density at radius 1 is 0.850 bits per heavy atom. The molecule has 118 valence electrons. The first-order valence-electron chi connectivity index (χ1n) is 8.70. The number of piperidine rings is 2. The second-order valence-electron chi connectivity index (χ2n) is 9.04. The summed E-state index contributed by atoms with van der Waals surface area (Å²) in [5.41, 5.74) is 0.957. The minimum Gasteiger partial charge on any atom is -0.317 e. The van der Waals surface area contributed by atoms with Gasteiger partial charge in [0.1, 0.15) is 0 Å². The number of rotatable bonds is 3. The van der Waals surface area contributed by atoms with Crippen molar-refractivity contribution in [1.29, 1.82) is 0 Å². The molecule has 2 atom stereocenters. The third-order valence-corrected chi connectivity index (χ3v) is 5.93. The summed E-state index contributed by atoms with van der Waals surface area (Å²) in [4.78, 5) is 0. The van der Waals surface area contributed by atoms with E-state index in [2.05, 4.69) is 45.3 Å². The van der Waals surface area contributed by atoms with E-state index in [9.17, 15) is 0 Å². The Labute approximate surface area is 126 Å². The van der Waals surface area contributed by atoms with Gasteiger partial charge in [-0.25, -0.2) is 0 Å². The van der Waals surface area contributed by atoms with Crippen molar-refractivity contribution in [3.8, 4) is 0 Å². The smallest absolute Gasteiger partial charge is 0.00153 e. The molecular weight excluding hydrogens is 244 g/mol. The van der Waals surface area contributed by atoms with Crippen LogP contribution < -0.4 is 10.6 Å². The highest BCUT2D eigenvalue weighted by molar-refractivity contribution is 4.89. The van der Waals surface area contributed by atoms with Crippen LogP contribution in [0.2, 0.25) is 0 Å². The quantitative estimate of drug-likeness (QED) is 0.824. The van der Waals surface area contributed by atoms with Gasteiger partial charge in [0.15, 0.2) is 0 Å². The Balaban J connectivity index is 1.91. The molecule has 2 aliphatic heterocycles. The molecule has 0 aliphatic carbocycles. The van der Waals surface area contributed by atoms with Crippen molar-refractivity contribution in [2.45, 2.75) is 60.3 Å². The zero-order chi connectivity index (χ0) is 14.8. The first kappa shape index (κ1) is 16.3. The minimum atomic E-state index is 0.449. The van der Waals surface area contributed by atoms with Gasteiger partial charge in [-0.15, -0.1) is 0 Å². The van der Waals surface area contributed by atoms with Crippen LogP contribution in [0.3, 0.4) is 0 Å². The molecule has 20 heavy (non-hydrogen) atoms. The molecule has 0 spiro atoms. The summed E-state index contributed by atoms with van der Waals surface area (Å²) in [6.45, 7) is 17.1. The highest BCUT2D eigenvalue weighted by atomic mass is 14.9. The topological polar surface area (TPSA) is 24.1 Å². The normalized spacial score (nSPS) is 30.4. The van der Waals surface area contributed by atoms with Crippen LogP contribution in [-0.2, 0) is 0 Å². The average molecular weight is 280 g/mol.